The molecule has 2 aliphatic rings. The van der Waals surface area contributed by atoms with Gasteiger partial charge in [0.1, 0.15) is 5.70 Å². The summed E-state index contributed by atoms with van der Waals surface area (Å²) in [5, 5.41) is 16.5. The maximum Gasteiger partial charge on any atom is 0.288 e. The molecule has 1 aromatic rings. The van der Waals surface area contributed by atoms with E-state index in [9.17, 15) is 4.79 Å². The molecular formula is C14H15N5OS. The summed E-state index contributed by atoms with van der Waals surface area (Å²) in [7, 11) is 0. The van der Waals surface area contributed by atoms with Crippen LogP contribution in [0.1, 0.15) is 12.5 Å². The van der Waals surface area contributed by atoms with E-state index < -0.39 is 0 Å². The smallest absolute Gasteiger partial charge is 0.288 e. The van der Waals surface area contributed by atoms with E-state index in [1.807, 2.05) is 34.6 Å². The van der Waals surface area contributed by atoms with E-state index in [0.717, 1.165) is 29.4 Å². The van der Waals surface area contributed by atoms with Gasteiger partial charge < -0.3 is 10.2 Å². The number of nitrogens with zero attached hydrogens (tertiary/aromatic N) is 2. The van der Waals surface area contributed by atoms with Gasteiger partial charge in [-0.2, -0.15) is 5.10 Å². The summed E-state index contributed by atoms with van der Waals surface area (Å²) in [5.74, 6) is 1.86. The minimum Gasteiger partial charge on any atom is -0.344 e. The van der Waals surface area contributed by atoms with Crippen molar-refractivity contribution in [3.05, 3.63) is 40.9 Å². The number of nitrogens with one attached hydrogen (secondary N) is 3. The SMILES string of the molecule is CC(=N)Nc1cccc(C2=NNC(=O)C3=CSCCN32)c1. The Morgan fingerprint density at radius 1 is 1.52 bits per heavy atom. The van der Waals surface area contributed by atoms with Gasteiger partial charge in [-0.15, -0.1) is 11.8 Å². The highest BCUT2D eigenvalue weighted by molar-refractivity contribution is 8.02. The quantitative estimate of drug-likeness (QED) is 0.574. The molecule has 0 saturated carbocycles. The molecule has 0 fully saturated rings. The molecule has 0 aliphatic carbocycles. The Balaban J connectivity index is 1.96. The lowest BCUT2D eigenvalue weighted by Crippen LogP contribution is -2.45. The minimum atomic E-state index is -0.171. The molecule has 3 rings (SSSR count). The summed E-state index contributed by atoms with van der Waals surface area (Å²) in [6.07, 6.45) is 0. The molecule has 0 radical (unpaired) electrons. The van der Waals surface area contributed by atoms with Gasteiger partial charge in [0.15, 0.2) is 5.84 Å². The van der Waals surface area contributed by atoms with Gasteiger partial charge in [-0.25, -0.2) is 5.43 Å². The molecule has 108 valence electrons. The number of amides is 1. The van der Waals surface area contributed by atoms with Gasteiger partial charge in [-0.05, 0) is 19.1 Å². The fourth-order valence-electron chi connectivity index (χ4n) is 2.26. The Labute approximate surface area is 126 Å². The summed E-state index contributed by atoms with van der Waals surface area (Å²) in [6.45, 7) is 2.44. The second-order valence-corrected chi connectivity index (χ2v) is 5.71. The maximum atomic E-state index is 11.8. The second-order valence-electron chi connectivity index (χ2n) is 4.73. The zero-order valence-corrected chi connectivity index (χ0v) is 12.3. The first-order valence-electron chi connectivity index (χ1n) is 6.55. The molecule has 0 atom stereocenters. The van der Waals surface area contributed by atoms with Crippen LogP contribution in [0.2, 0.25) is 0 Å². The number of carbonyl (C=O) groups is 1. The normalized spacial score (nSPS) is 17.4. The van der Waals surface area contributed by atoms with Crippen LogP contribution in [0.5, 0.6) is 0 Å². The molecule has 1 aromatic carbocycles. The Morgan fingerprint density at radius 2 is 2.38 bits per heavy atom. The Kier molecular flexibility index (Phi) is 3.66. The van der Waals surface area contributed by atoms with Crippen molar-refractivity contribution < 1.29 is 4.79 Å². The molecule has 0 unspecified atom stereocenters. The predicted octanol–water partition coefficient (Wildman–Crippen LogP) is 1.78. The van der Waals surface area contributed by atoms with Gasteiger partial charge in [-0.3, -0.25) is 10.2 Å². The number of rotatable bonds is 2. The summed E-state index contributed by atoms with van der Waals surface area (Å²) in [6, 6.07) is 7.67. The number of hydrazone groups is 1. The minimum absolute atomic E-state index is 0.171. The number of hydrogen-bond acceptors (Lipinski definition) is 5. The van der Waals surface area contributed by atoms with E-state index in [4.69, 9.17) is 5.41 Å². The Hall–Kier alpha value is -2.28. The summed E-state index contributed by atoms with van der Waals surface area (Å²) < 4.78 is 0. The zero-order chi connectivity index (χ0) is 14.8. The lowest BCUT2D eigenvalue weighted by atomic mass is 10.1. The third-order valence-electron chi connectivity index (χ3n) is 3.12. The van der Waals surface area contributed by atoms with Crippen molar-refractivity contribution in [2.45, 2.75) is 6.92 Å². The van der Waals surface area contributed by atoms with Crippen LogP contribution in [0.4, 0.5) is 5.69 Å². The van der Waals surface area contributed by atoms with Crippen molar-refractivity contribution in [3.63, 3.8) is 0 Å². The number of carbonyl (C=O) groups excluding carboxylic acids is 1. The monoisotopic (exact) mass is 301 g/mol. The first-order chi connectivity index (χ1) is 10.1. The number of fused-ring (bicyclic) bond motifs is 1. The van der Waals surface area contributed by atoms with Crippen LogP contribution >= 0.6 is 11.8 Å². The first-order valence-corrected chi connectivity index (χ1v) is 7.60. The van der Waals surface area contributed by atoms with Gasteiger partial charge in [0.2, 0.25) is 0 Å². The highest BCUT2D eigenvalue weighted by Crippen LogP contribution is 2.24. The molecule has 21 heavy (non-hydrogen) atoms. The Morgan fingerprint density at radius 3 is 3.19 bits per heavy atom. The first kappa shape index (κ1) is 13.7. The average molecular weight is 301 g/mol. The predicted molar refractivity (Wildman–Crippen MR) is 85.4 cm³/mol. The zero-order valence-electron chi connectivity index (χ0n) is 11.5. The van der Waals surface area contributed by atoms with Crippen molar-refractivity contribution >= 4 is 35.0 Å². The topological polar surface area (TPSA) is 80.6 Å². The lowest BCUT2D eigenvalue weighted by Gasteiger charge is -2.33. The number of thioether (sulfide) groups is 1. The molecule has 0 aromatic heterocycles. The standard InChI is InChI=1S/C14H15N5OS/c1-9(15)16-11-4-2-3-10(7-11)13-17-18-14(20)12-8-21-6-5-19(12)13/h2-4,7-8H,5-6H2,1H3,(H2,15,16)(H,18,20). The lowest BCUT2D eigenvalue weighted by molar-refractivity contribution is -0.119. The van der Waals surface area contributed by atoms with Gasteiger partial charge in [-0.1, -0.05) is 12.1 Å². The van der Waals surface area contributed by atoms with Crippen LogP contribution < -0.4 is 10.7 Å². The molecule has 0 saturated heterocycles. The average Bonchev–Trinajstić information content (AvgIpc) is 2.47. The summed E-state index contributed by atoms with van der Waals surface area (Å²) >= 11 is 1.63. The van der Waals surface area contributed by atoms with Crippen LogP contribution in [-0.2, 0) is 4.79 Å². The molecule has 2 heterocycles. The van der Waals surface area contributed by atoms with Crippen molar-refractivity contribution in [3.8, 4) is 0 Å². The van der Waals surface area contributed by atoms with E-state index in [2.05, 4.69) is 15.8 Å². The van der Waals surface area contributed by atoms with Crippen LogP contribution in [0.3, 0.4) is 0 Å². The van der Waals surface area contributed by atoms with E-state index in [0.29, 0.717) is 11.5 Å². The van der Waals surface area contributed by atoms with Crippen LogP contribution in [0.15, 0.2) is 40.5 Å². The summed E-state index contributed by atoms with van der Waals surface area (Å²) in [5.41, 5.74) is 4.92. The fourth-order valence-corrected chi connectivity index (χ4v) is 3.05. The molecule has 0 bridgehead atoms. The number of hydrogen-bond donors (Lipinski definition) is 3. The van der Waals surface area contributed by atoms with Gasteiger partial charge in [0, 0.05) is 29.0 Å². The highest BCUT2D eigenvalue weighted by atomic mass is 32.2. The van der Waals surface area contributed by atoms with E-state index in [1.54, 1.807) is 18.7 Å². The molecule has 7 heteroatoms. The van der Waals surface area contributed by atoms with Crippen molar-refractivity contribution in [1.29, 1.82) is 5.41 Å². The van der Waals surface area contributed by atoms with Gasteiger partial charge in [0.05, 0.1) is 5.84 Å². The van der Waals surface area contributed by atoms with Crippen LogP contribution in [-0.4, -0.2) is 34.8 Å². The van der Waals surface area contributed by atoms with E-state index in [1.165, 1.54) is 0 Å². The second kappa shape index (κ2) is 5.61. The third-order valence-corrected chi connectivity index (χ3v) is 3.93. The largest absolute Gasteiger partial charge is 0.344 e. The summed E-state index contributed by atoms with van der Waals surface area (Å²) in [4.78, 5) is 13.8. The van der Waals surface area contributed by atoms with E-state index >= 15 is 0 Å². The van der Waals surface area contributed by atoms with Crippen LogP contribution in [0, 0.1) is 5.41 Å². The van der Waals surface area contributed by atoms with E-state index in [-0.39, 0.29) is 5.91 Å². The molecule has 2 aliphatic heterocycles. The third kappa shape index (κ3) is 2.78. The molecule has 1 amide bonds. The van der Waals surface area contributed by atoms with Gasteiger partial charge in [0.25, 0.3) is 5.91 Å². The molecular weight excluding hydrogens is 286 g/mol. The molecule has 0 spiro atoms. The Bertz CT molecular complexity index is 667. The molecule has 3 N–H and O–H groups in total. The highest BCUT2D eigenvalue weighted by Gasteiger charge is 2.29. The van der Waals surface area contributed by atoms with Crippen LogP contribution in [0.25, 0.3) is 0 Å². The number of benzene rings is 1. The van der Waals surface area contributed by atoms with Crippen molar-refractivity contribution in [1.82, 2.24) is 10.3 Å². The van der Waals surface area contributed by atoms with Crippen molar-refractivity contribution in [2.75, 3.05) is 17.6 Å². The van der Waals surface area contributed by atoms with Gasteiger partial charge >= 0.3 is 0 Å². The number of anilines is 1. The molecule has 6 nitrogen and oxygen atoms in total. The fraction of sp³-hybridized carbons (Fsp3) is 0.214. The van der Waals surface area contributed by atoms with Crippen molar-refractivity contribution in [2.24, 2.45) is 5.10 Å². The number of amidine groups is 2. The maximum absolute atomic E-state index is 11.8.